The highest BCUT2D eigenvalue weighted by atomic mass is 16.6. The maximum atomic E-state index is 11.8. The zero-order valence-corrected chi connectivity index (χ0v) is 21.8. The molecule has 4 saturated carbocycles. The zero-order valence-electron chi connectivity index (χ0n) is 21.8. The summed E-state index contributed by atoms with van der Waals surface area (Å²) in [6.07, 6.45) is 0.802. The third kappa shape index (κ3) is 4.33. The van der Waals surface area contributed by atoms with Crippen LogP contribution in [0.2, 0.25) is 0 Å². The molecule has 0 aromatic heterocycles. The van der Waals surface area contributed by atoms with E-state index in [9.17, 15) is 29.4 Å². The summed E-state index contributed by atoms with van der Waals surface area (Å²) in [5, 5.41) is 20.2. The molecular weight excluding hydrogens is 484 g/mol. The number of fused-ring (bicyclic) bond motifs is 5. The lowest BCUT2D eigenvalue weighted by Gasteiger charge is -2.65. The van der Waals surface area contributed by atoms with Crippen LogP contribution in [0.5, 0.6) is 0 Å². The fourth-order valence-electron chi connectivity index (χ4n) is 9.38. The highest BCUT2D eigenvalue weighted by Crippen LogP contribution is 2.69. The molecule has 1 unspecified atom stereocenters. The molecule has 2 N–H and O–H groups in total. The van der Waals surface area contributed by atoms with Crippen LogP contribution in [0, 0.1) is 46.3 Å². The Balaban J connectivity index is 1.81. The van der Waals surface area contributed by atoms with E-state index in [4.69, 9.17) is 18.9 Å². The van der Waals surface area contributed by atoms with Gasteiger partial charge in [0.2, 0.25) is 0 Å². The van der Waals surface area contributed by atoms with E-state index >= 15 is 0 Å². The number of ether oxygens (including phenoxy) is 4. The van der Waals surface area contributed by atoms with Crippen LogP contribution >= 0.6 is 0 Å². The molecule has 0 saturated heterocycles. The van der Waals surface area contributed by atoms with Gasteiger partial charge in [0.15, 0.2) is 0 Å². The van der Waals surface area contributed by atoms with Crippen molar-refractivity contribution in [2.45, 2.75) is 89.8 Å². The lowest BCUT2D eigenvalue weighted by molar-refractivity contribution is -0.252. The predicted octanol–water partition coefficient (Wildman–Crippen LogP) is 1.63. The summed E-state index contributed by atoms with van der Waals surface area (Å²) in [4.78, 5) is 46.3. The molecule has 4 aliphatic rings. The SMILES string of the molecule is C[C@H](C(O)CO)[C@H]1CC[C@H]2[C@@H]3[C@H](OC=O)[C@H](OC=O)[C@@H]4C[C@H](OC=O)CC[C@]4(C)[C@H]3C[C@H](OC=O)[C@]12C. The first kappa shape index (κ1) is 27.8. The van der Waals surface area contributed by atoms with E-state index in [2.05, 4.69) is 13.8 Å². The van der Waals surface area contributed by atoms with E-state index in [0.717, 1.165) is 12.8 Å². The van der Waals surface area contributed by atoms with Gasteiger partial charge in [-0.1, -0.05) is 20.8 Å². The van der Waals surface area contributed by atoms with Gasteiger partial charge < -0.3 is 29.2 Å². The first-order valence-electron chi connectivity index (χ1n) is 13.4. The second-order valence-electron chi connectivity index (χ2n) is 12.0. The van der Waals surface area contributed by atoms with Gasteiger partial charge >= 0.3 is 0 Å². The Morgan fingerprint density at radius 1 is 0.838 bits per heavy atom. The maximum Gasteiger partial charge on any atom is 0.293 e. The molecule has 4 aliphatic carbocycles. The summed E-state index contributed by atoms with van der Waals surface area (Å²) >= 11 is 0. The number of aliphatic hydroxyl groups excluding tert-OH is 2. The van der Waals surface area contributed by atoms with Gasteiger partial charge in [0, 0.05) is 17.3 Å². The van der Waals surface area contributed by atoms with Crippen LogP contribution < -0.4 is 0 Å². The van der Waals surface area contributed by atoms with Crippen LogP contribution in [-0.2, 0) is 38.1 Å². The normalized spacial score (nSPS) is 46.1. The molecule has 0 radical (unpaired) electrons. The van der Waals surface area contributed by atoms with Crippen LogP contribution in [0.15, 0.2) is 0 Å². The summed E-state index contributed by atoms with van der Waals surface area (Å²) in [6.45, 7) is 7.53. The van der Waals surface area contributed by atoms with Gasteiger partial charge in [-0.05, 0) is 67.6 Å². The highest BCUT2D eigenvalue weighted by Gasteiger charge is 2.70. The summed E-state index contributed by atoms with van der Waals surface area (Å²) < 4.78 is 22.5. The van der Waals surface area contributed by atoms with E-state index in [0.29, 0.717) is 51.6 Å². The molecule has 0 bridgehead atoms. The maximum absolute atomic E-state index is 11.8. The number of carbonyl (C=O) groups excluding carboxylic acids is 4. The molecule has 10 heteroatoms. The minimum atomic E-state index is -0.912. The molecule has 0 spiro atoms. The van der Waals surface area contributed by atoms with Gasteiger partial charge in [0.05, 0.1) is 12.7 Å². The monoisotopic (exact) mass is 524 g/mol. The van der Waals surface area contributed by atoms with Crippen molar-refractivity contribution < 1.29 is 48.3 Å². The number of rotatable bonds is 11. The van der Waals surface area contributed by atoms with E-state index in [1.54, 1.807) is 0 Å². The quantitative estimate of drug-likeness (QED) is 0.302. The van der Waals surface area contributed by atoms with Gasteiger partial charge in [-0.3, -0.25) is 19.2 Å². The Labute approximate surface area is 217 Å². The van der Waals surface area contributed by atoms with Crippen molar-refractivity contribution in [1.29, 1.82) is 0 Å². The smallest absolute Gasteiger partial charge is 0.293 e. The third-order valence-electron chi connectivity index (χ3n) is 11.1. The number of hydrogen-bond acceptors (Lipinski definition) is 10. The summed E-state index contributed by atoms with van der Waals surface area (Å²) in [7, 11) is 0. The Bertz CT molecular complexity index is 851. The number of aliphatic hydroxyl groups is 2. The summed E-state index contributed by atoms with van der Waals surface area (Å²) in [5.41, 5.74) is -0.890. The lowest BCUT2D eigenvalue weighted by atomic mass is 9.42. The van der Waals surface area contributed by atoms with Crippen LogP contribution in [-0.4, -0.2) is 73.2 Å². The van der Waals surface area contributed by atoms with Gasteiger partial charge in [0.1, 0.15) is 24.4 Å². The zero-order chi connectivity index (χ0) is 27.0. The minimum absolute atomic E-state index is 0.00835. The molecule has 0 heterocycles. The molecule has 4 rings (SSSR count). The first-order valence-corrected chi connectivity index (χ1v) is 13.4. The molecular formula is C27H40O10. The van der Waals surface area contributed by atoms with Crippen molar-refractivity contribution in [3.05, 3.63) is 0 Å². The van der Waals surface area contributed by atoms with Crippen molar-refractivity contribution >= 4 is 25.9 Å². The highest BCUT2D eigenvalue weighted by molar-refractivity contribution is 5.41. The van der Waals surface area contributed by atoms with Gasteiger partial charge in [-0.25, -0.2) is 0 Å². The molecule has 208 valence electrons. The second-order valence-corrected chi connectivity index (χ2v) is 12.0. The average Bonchev–Trinajstić information content (AvgIpc) is 3.24. The fourth-order valence-corrected chi connectivity index (χ4v) is 9.38. The van der Waals surface area contributed by atoms with Gasteiger partial charge in [-0.2, -0.15) is 0 Å². The Morgan fingerprint density at radius 2 is 1.49 bits per heavy atom. The van der Waals surface area contributed by atoms with Crippen LogP contribution in [0.25, 0.3) is 0 Å². The van der Waals surface area contributed by atoms with Crippen LogP contribution in [0.4, 0.5) is 0 Å². The Morgan fingerprint density at radius 3 is 2.11 bits per heavy atom. The Hall–Kier alpha value is -2.20. The molecule has 0 aromatic carbocycles. The fraction of sp³-hybridized carbons (Fsp3) is 0.852. The van der Waals surface area contributed by atoms with Gasteiger partial charge in [0.25, 0.3) is 25.9 Å². The van der Waals surface area contributed by atoms with E-state index in [1.807, 2.05) is 6.92 Å². The van der Waals surface area contributed by atoms with E-state index in [-0.39, 0.29) is 53.6 Å². The van der Waals surface area contributed by atoms with Crippen LogP contribution in [0.3, 0.4) is 0 Å². The van der Waals surface area contributed by atoms with E-state index < -0.39 is 29.8 Å². The number of carbonyl (C=O) groups is 4. The molecule has 0 aromatic rings. The van der Waals surface area contributed by atoms with E-state index in [1.165, 1.54) is 0 Å². The second kappa shape index (κ2) is 10.9. The predicted molar refractivity (Wildman–Crippen MR) is 127 cm³/mol. The third-order valence-corrected chi connectivity index (χ3v) is 11.1. The molecule has 10 nitrogen and oxygen atoms in total. The van der Waals surface area contributed by atoms with Crippen molar-refractivity contribution in [3.8, 4) is 0 Å². The van der Waals surface area contributed by atoms with Crippen molar-refractivity contribution in [2.75, 3.05) is 6.61 Å². The van der Waals surface area contributed by atoms with Crippen molar-refractivity contribution in [3.63, 3.8) is 0 Å². The summed E-state index contributed by atoms with van der Waals surface area (Å²) in [6, 6.07) is 0. The Kier molecular flexibility index (Phi) is 8.19. The molecule has 0 aliphatic heterocycles. The standard InChI is InChI=1S/C27H40O10/c1-15(21(33)10-28)17-4-5-18-23-19(9-22(35-12-30)27(17,18)3)26(2)7-6-16(34-11-29)8-20(26)24(36-13-31)25(23)37-14-32/h11-25,28,33H,4-10H2,1-3H3/t15-,16+,17+,18-,19-,20-,21?,22-,23-,24+,25-,26+,27+/m0/s1. The largest absolute Gasteiger partial charge is 0.465 e. The molecule has 37 heavy (non-hydrogen) atoms. The molecule has 0 amide bonds. The summed E-state index contributed by atoms with van der Waals surface area (Å²) in [5.74, 6) is -0.735. The molecule has 4 fully saturated rings. The van der Waals surface area contributed by atoms with Crippen molar-refractivity contribution in [1.82, 2.24) is 0 Å². The molecule has 13 atom stereocenters. The topological polar surface area (TPSA) is 146 Å². The first-order chi connectivity index (χ1) is 17.7. The van der Waals surface area contributed by atoms with Gasteiger partial charge in [-0.15, -0.1) is 0 Å². The average molecular weight is 525 g/mol. The van der Waals surface area contributed by atoms with Crippen LogP contribution in [0.1, 0.15) is 59.3 Å². The van der Waals surface area contributed by atoms with Crippen molar-refractivity contribution in [2.24, 2.45) is 46.3 Å². The number of hydrogen-bond donors (Lipinski definition) is 2. The lowest BCUT2D eigenvalue weighted by Crippen LogP contribution is -2.68. The minimum Gasteiger partial charge on any atom is -0.465 e.